The Kier molecular flexibility index (Phi) is 8.50. The molecule has 0 radical (unpaired) electrons. The van der Waals surface area contributed by atoms with Gasteiger partial charge in [0.2, 0.25) is 0 Å². The Morgan fingerprint density at radius 3 is 2.49 bits per heavy atom. The summed E-state index contributed by atoms with van der Waals surface area (Å²) in [5, 5.41) is 19.3. The Morgan fingerprint density at radius 2 is 1.74 bits per heavy atom. The Morgan fingerprint density at radius 1 is 0.957 bits per heavy atom. The first-order valence-corrected chi connectivity index (χ1v) is 14.9. The molecule has 4 heterocycles. The number of fused-ring (bicyclic) bond motifs is 2. The van der Waals surface area contributed by atoms with Crippen molar-refractivity contribution in [2.45, 2.75) is 43.9 Å². The number of rotatable bonds is 8. The molecule has 0 saturated carbocycles. The summed E-state index contributed by atoms with van der Waals surface area (Å²) in [5.74, 6) is -1.22. The first-order chi connectivity index (χ1) is 22.6. The van der Waals surface area contributed by atoms with Crippen molar-refractivity contribution in [2.75, 3.05) is 18.4 Å². The Labute approximate surface area is 267 Å². The van der Waals surface area contributed by atoms with Gasteiger partial charge in [0, 0.05) is 62.3 Å². The van der Waals surface area contributed by atoms with Gasteiger partial charge < -0.3 is 20.6 Å². The molecular formula is C33H30F3N7O4. The predicted molar refractivity (Wildman–Crippen MR) is 167 cm³/mol. The fraction of sp³-hybridized carbons (Fsp3) is 0.273. The zero-order valence-electron chi connectivity index (χ0n) is 25.0. The number of carboxylic acid groups (broad SMARTS) is 1. The molecule has 4 amide bonds. The first-order valence-electron chi connectivity index (χ1n) is 14.9. The summed E-state index contributed by atoms with van der Waals surface area (Å²) in [4.78, 5) is 47.7. The van der Waals surface area contributed by atoms with Gasteiger partial charge in [-0.1, -0.05) is 30.3 Å². The van der Waals surface area contributed by atoms with Crippen LogP contribution in [-0.2, 0) is 23.3 Å². The van der Waals surface area contributed by atoms with E-state index in [0.29, 0.717) is 29.9 Å². The molecule has 2 aromatic carbocycles. The number of anilines is 1. The normalized spacial score (nSPS) is 17.8. The lowest BCUT2D eigenvalue weighted by Gasteiger charge is -2.41. The number of carbonyl (C=O) groups excluding carboxylic acids is 2. The van der Waals surface area contributed by atoms with E-state index in [-0.39, 0.29) is 48.6 Å². The van der Waals surface area contributed by atoms with Crippen molar-refractivity contribution >= 4 is 40.3 Å². The van der Waals surface area contributed by atoms with Gasteiger partial charge in [-0.2, -0.15) is 18.3 Å². The molecule has 4 aromatic rings. The number of alkyl halides is 3. The molecule has 0 aliphatic carbocycles. The molecule has 6 rings (SSSR count). The zero-order valence-corrected chi connectivity index (χ0v) is 25.0. The van der Waals surface area contributed by atoms with Crippen molar-refractivity contribution in [3.63, 3.8) is 0 Å². The van der Waals surface area contributed by atoms with Crippen molar-refractivity contribution in [3.05, 3.63) is 102 Å². The van der Waals surface area contributed by atoms with E-state index in [1.54, 1.807) is 47.6 Å². The van der Waals surface area contributed by atoms with Gasteiger partial charge in [-0.05, 0) is 65.4 Å². The third kappa shape index (κ3) is 6.18. The van der Waals surface area contributed by atoms with Gasteiger partial charge in [0.1, 0.15) is 0 Å². The van der Waals surface area contributed by atoms with Crippen molar-refractivity contribution in [1.29, 1.82) is 0 Å². The molecule has 0 unspecified atom stereocenters. The first kappa shape index (κ1) is 31.5. The van der Waals surface area contributed by atoms with E-state index in [9.17, 15) is 14.4 Å². The SMILES string of the molecule is O=C(O)NCCCCN1N=C(c2ccc(NC(=O)N3Cc4ccncc4C3)cc2)C[C@](c2cccc3ncccc23)(C(F)(F)F)C1=O. The second-order valence-corrected chi connectivity index (χ2v) is 11.4. The fourth-order valence-corrected chi connectivity index (χ4v) is 6.04. The van der Waals surface area contributed by atoms with Crippen molar-refractivity contribution in [3.8, 4) is 0 Å². The van der Waals surface area contributed by atoms with Crippen molar-refractivity contribution < 1.29 is 32.7 Å². The highest BCUT2D eigenvalue weighted by molar-refractivity contribution is 6.09. The molecule has 11 nitrogen and oxygen atoms in total. The highest BCUT2D eigenvalue weighted by Crippen LogP contribution is 2.49. The summed E-state index contributed by atoms with van der Waals surface area (Å²) in [5.41, 5.74) is -0.102. The van der Waals surface area contributed by atoms with Gasteiger partial charge in [0.15, 0.2) is 5.41 Å². The van der Waals surface area contributed by atoms with Crippen LogP contribution in [0.5, 0.6) is 0 Å². The molecule has 0 saturated heterocycles. The van der Waals surface area contributed by atoms with Crippen LogP contribution < -0.4 is 10.6 Å². The number of hydrogen-bond acceptors (Lipinski definition) is 6. The molecule has 0 bridgehead atoms. The minimum Gasteiger partial charge on any atom is -0.465 e. The van der Waals surface area contributed by atoms with Crippen LogP contribution in [0, 0.1) is 0 Å². The molecule has 47 heavy (non-hydrogen) atoms. The van der Waals surface area contributed by atoms with E-state index in [4.69, 9.17) is 5.11 Å². The van der Waals surface area contributed by atoms with E-state index in [0.717, 1.165) is 16.1 Å². The molecule has 242 valence electrons. The topological polar surface area (TPSA) is 140 Å². The maximum atomic E-state index is 15.5. The standard InChI is InChI=1S/C33H30F3N7O4/c34-33(35,36)32(26-6-3-7-27-25(26)5-4-14-38-27)17-28(41-43(29(32)44)16-2-1-13-39-31(46)47)21-8-10-24(11-9-21)40-30(45)42-19-22-12-15-37-18-23(22)20-42/h3-12,14-15,18,39H,1-2,13,16-17,19-20H2,(H,40,45)(H,46,47)/t32-/m1/s1. The van der Waals surface area contributed by atoms with Gasteiger partial charge in [-0.3, -0.25) is 14.8 Å². The van der Waals surface area contributed by atoms with Crippen molar-refractivity contribution in [2.24, 2.45) is 5.10 Å². The lowest BCUT2D eigenvalue weighted by atomic mass is 9.71. The fourth-order valence-electron chi connectivity index (χ4n) is 6.04. The highest BCUT2D eigenvalue weighted by Gasteiger charge is 2.65. The molecule has 0 spiro atoms. The number of nitrogens with one attached hydrogen (secondary N) is 2. The quantitative estimate of drug-likeness (QED) is 0.211. The second-order valence-electron chi connectivity index (χ2n) is 11.4. The van der Waals surface area contributed by atoms with Crippen LogP contribution in [0.4, 0.5) is 28.4 Å². The average Bonchev–Trinajstić information content (AvgIpc) is 3.50. The van der Waals surface area contributed by atoms with Crippen LogP contribution >= 0.6 is 0 Å². The van der Waals surface area contributed by atoms with Crippen LogP contribution in [0.25, 0.3) is 10.9 Å². The largest absolute Gasteiger partial charge is 0.465 e. The minimum atomic E-state index is -5.02. The number of hydrazone groups is 1. The summed E-state index contributed by atoms with van der Waals surface area (Å²) in [7, 11) is 0. The summed E-state index contributed by atoms with van der Waals surface area (Å²) >= 11 is 0. The maximum Gasteiger partial charge on any atom is 0.407 e. The molecule has 2 aliphatic heterocycles. The van der Waals surface area contributed by atoms with Gasteiger partial charge in [-0.15, -0.1) is 0 Å². The van der Waals surface area contributed by atoms with Gasteiger partial charge in [-0.25, -0.2) is 14.6 Å². The molecule has 14 heteroatoms. The van der Waals surface area contributed by atoms with Crippen molar-refractivity contribution in [1.82, 2.24) is 25.2 Å². The number of halogens is 3. The summed E-state index contributed by atoms with van der Waals surface area (Å²) < 4.78 is 46.4. The van der Waals surface area contributed by atoms with Gasteiger partial charge >= 0.3 is 18.3 Å². The molecule has 2 aromatic heterocycles. The lowest BCUT2D eigenvalue weighted by Crippen LogP contribution is -2.58. The number of amides is 4. The predicted octanol–water partition coefficient (Wildman–Crippen LogP) is 5.66. The van der Waals surface area contributed by atoms with E-state index in [1.807, 2.05) is 6.07 Å². The third-order valence-electron chi connectivity index (χ3n) is 8.42. The number of benzene rings is 2. The van der Waals surface area contributed by atoms with Crippen LogP contribution in [0.2, 0.25) is 0 Å². The Bertz CT molecular complexity index is 1840. The number of carbonyl (C=O) groups is 3. The number of aromatic nitrogens is 2. The number of urea groups is 1. The maximum absolute atomic E-state index is 15.5. The van der Waals surface area contributed by atoms with Crippen LogP contribution in [-0.4, -0.2) is 68.0 Å². The molecular weight excluding hydrogens is 615 g/mol. The molecule has 0 fully saturated rings. The molecule has 1 atom stereocenters. The third-order valence-corrected chi connectivity index (χ3v) is 8.42. The smallest absolute Gasteiger partial charge is 0.407 e. The number of unbranched alkanes of at least 4 members (excludes halogenated alkanes) is 1. The Balaban J connectivity index is 1.31. The second kappa shape index (κ2) is 12.7. The van der Waals surface area contributed by atoms with Crippen LogP contribution in [0.15, 0.2) is 84.4 Å². The number of pyridine rings is 2. The average molecular weight is 646 g/mol. The Hall–Kier alpha value is -5.53. The number of nitrogens with zero attached hydrogens (tertiary/aromatic N) is 5. The lowest BCUT2D eigenvalue weighted by molar-refractivity contribution is -0.201. The van der Waals surface area contributed by atoms with E-state index < -0.39 is 30.0 Å². The minimum absolute atomic E-state index is 0.0341. The van der Waals surface area contributed by atoms with Gasteiger partial charge in [0.05, 0.1) is 11.2 Å². The molecule has 3 N–H and O–H groups in total. The summed E-state index contributed by atoms with van der Waals surface area (Å²) in [6, 6.07) is 15.2. The van der Waals surface area contributed by atoms with Crippen LogP contribution in [0.3, 0.4) is 0 Å². The number of hydrogen-bond donors (Lipinski definition) is 3. The van der Waals surface area contributed by atoms with E-state index in [1.165, 1.54) is 30.5 Å². The summed E-state index contributed by atoms with van der Waals surface area (Å²) in [6.45, 7) is 0.745. The summed E-state index contributed by atoms with van der Waals surface area (Å²) in [6.07, 6.45) is -1.65. The van der Waals surface area contributed by atoms with E-state index in [2.05, 4.69) is 25.7 Å². The monoisotopic (exact) mass is 645 g/mol. The van der Waals surface area contributed by atoms with Crippen LogP contribution in [0.1, 0.15) is 41.5 Å². The van der Waals surface area contributed by atoms with E-state index >= 15 is 13.2 Å². The highest BCUT2D eigenvalue weighted by atomic mass is 19.4. The molecule has 2 aliphatic rings. The zero-order chi connectivity index (χ0) is 33.2. The van der Waals surface area contributed by atoms with Gasteiger partial charge in [0.25, 0.3) is 5.91 Å².